The highest BCUT2D eigenvalue weighted by atomic mass is 35.5. The Hall–Kier alpha value is -2.11. The molecular formula is C23H32ClFN2O2. The van der Waals surface area contributed by atoms with Gasteiger partial charge < -0.3 is 5.32 Å². The Balaban J connectivity index is 0.00000320. The summed E-state index contributed by atoms with van der Waals surface area (Å²) in [4.78, 5) is 28.9. The van der Waals surface area contributed by atoms with Gasteiger partial charge in [-0.3, -0.25) is 14.6 Å². The van der Waals surface area contributed by atoms with Gasteiger partial charge in [-0.2, -0.15) is 0 Å². The third-order valence-electron chi connectivity index (χ3n) is 5.73. The Labute approximate surface area is 180 Å². The number of ketones is 2. The standard InChI is InChI=1S/C23H26ClFN2O2.3H2/c1-4-19(27-20-11-16(28)8-5-13(20)2)17-9-10-18(24)21(22(17)25)23(29)15-7-6-14(3)26-12-15;;;/h6-7,9-10,12-13,19-20,27H,4-5,8,11H2,1-3H3;3*1H/t13?,19-,20+;;;/m1.../s1. The largest absolute Gasteiger partial charge is 0.306 e. The number of carbonyl (C=O) groups is 2. The van der Waals surface area contributed by atoms with Crippen molar-refractivity contribution in [3.8, 4) is 0 Å². The number of aryl methyl sites for hydroxylation is 1. The van der Waals surface area contributed by atoms with Crippen LogP contribution in [-0.2, 0) is 4.79 Å². The Morgan fingerprint density at radius 2 is 2.14 bits per heavy atom. The fraction of sp³-hybridized carbons (Fsp3) is 0.435. The monoisotopic (exact) mass is 422 g/mol. The molecule has 1 aromatic carbocycles. The molecule has 29 heavy (non-hydrogen) atoms. The van der Waals surface area contributed by atoms with E-state index in [2.05, 4.69) is 17.2 Å². The van der Waals surface area contributed by atoms with Crippen molar-refractivity contribution in [2.75, 3.05) is 0 Å². The van der Waals surface area contributed by atoms with Crippen LogP contribution in [0.3, 0.4) is 0 Å². The summed E-state index contributed by atoms with van der Waals surface area (Å²) in [6.45, 7) is 5.87. The number of carbonyl (C=O) groups excluding carboxylic acids is 2. The minimum Gasteiger partial charge on any atom is -0.306 e. The summed E-state index contributed by atoms with van der Waals surface area (Å²) in [6, 6.07) is 6.20. The minimum absolute atomic E-state index is 0. The number of benzene rings is 1. The van der Waals surface area contributed by atoms with Gasteiger partial charge in [0.1, 0.15) is 11.6 Å². The lowest BCUT2D eigenvalue weighted by Crippen LogP contribution is -2.42. The lowest BCUT2D eigenvalue weighted by atomic mass is 9.84. The van der Waals surface area contributed by atoms with E-state index in [1.165, 1.54) is 6.20 Å². The van der Waals surface area contributed by atoms with E-state index < -0.39 is 11.6 Å². The SMILES string of the molecule is CC[C@@H](N[C@H]1CC(=O)CCC1C)c1ccc(Cl)c(C(=O)c2ccc(C)nc2)c1F.[HH].[HH].[HH]. The fourth-order valence-electron chi connectivity index (χ4n) is 3.84. The molecule has 0 aliphatic heterocycles. The van der Waals surface area contributed by atoms with E-state index in [-0.39, 0.29) is 32.7 Å². The van der Waals surface area contributed by atoms with Crippen LogP contribution in [0.2, 0.25) is 5.02 Å². The number of pyridine rings is 1. The topological polar surface area (TPSA) is 59.1 Å². The Kier molecular flexibility index (Phi) is 6.81. The van der Waals surface area contributed by atoms with Gasteiger partial charge in [0.15, 0.2) is 5.78 Å². The summed E-state index contributed by atoms with van der Waals surface area (Å²) in [5, 5.41) is 3.52. The number of hydrogen-bond acceptors (Lipinski definition) is 4. The van der Waals surface area contributed by atoms with Crippen molar-refractivity contribution >= 4 is 23.2 Å². The van der Waals surface area contributed by atoms with Crippen LogP contribution in [0.1, 0.15) is 77.0 Å². The molecule has 0 amide bonds. The maximum Gasteiger partial charge on any atom is 0.199 e. The van der Waals surface area contributed by atoms with Crippen LogP contribution in [0.15, 0.2) is 30.5 Å². The van der Waals surface area contributed by atoms with Crippen LogP contribution in [0.5, 0.6) is 0 Å². The zero-order valence-corrected chi connectivity index (χ0v) is 17.7. The number of nitrogens with one attached hydrogen (secondary N) is 1. The Morgan fingerprint density at radius 1 is 1.38 bits per heavy atom. The summed E-state index contributed by atoms with van der Waals surface area (Å²) in [7, 11) is 0. The van der Waals surface area contributed by atoms with Gasteiger partial charge in [-0.25, -0.2) is 4.39 Å². The quantitative estimate of drug-likeness (QED) is 0.584. The molecule has 0 radical (unpaired) electrons. The van der Waals surface area contributed by atoms with Gasteiger partial charge in [0, 0.05) is 52.2 Å². The van der Waals surface area contributed by atoms with Crippen molar-refractivity contribution < 1.29 is 18.3 Å². The molecule has 1 N–H and O–H groups in total. The molecule has 3 rings (SSSR count). The molecule has 1 unspecified atom stereocenters. The molecule has 2 aromatic rings. The van der Waals surface area contributed by atoms with Crippen LogP contribution in [-0.4, -0.2) is 22.6 Å². The minimum atomic E-state index is -0.614. The zero-order valence-electron chi connectivity index (χ0n) is 17.0. The molecule has 1 heterocycles. The summed E-state index contributed by atoms with van der Waals surface area (Å²) in [6.07, 6.45) is 3.95. The first kappa shape index (κ1) is 21.6. The number of nitrogens with zero attached hydrogens (tertiary/aromatic N) is 1. The summed E-state index contributed by atoms with van der Waals surface area (Å²) in [5.41, 5.74) is 1.32. The number of aromatic nitrogens is 1. The number of rotatable bonds is 6. The van der Waals surface area contributed by atoms with E-state index in [1.54, 1.807) is 24.3 Å². The second-order valence-corrected chi connectivity index (χ2v) is 8.24. The molecule has 0 bridgehead atoms. The molecule has 1 aromatic heterocycles. The molecule has 1 fully saturated rings. The third kappa shape index (κ3) is 4.73. The molecular weight excluding hydrogens is 391 g/mol. The van der Waals surface area contributed by atoms with Crippen molar-refractivity contribution in [3.05, 3.63) is 63.7 Å². The smallest absolute Gasteiger partial charge is 0.199 e. The molecule has 1 aliphatic rings. The highest BCUT2D eigenvalue weighted by molar-refractivity contribution is 6.35. The second-order valence-electron chi connectivity index (χ2n) is 7.84. The van der Waals surface area contributed by atoms with Crippen LogP contribution in [0.4, 0.5) is 4.39 Å². The van der Waals surface area contributed by atoms with Crippen LogP contribution in [0.25, 0.3) is 0 Å². The predicted molar refractivity (Wildman–Crippen MR) is 118 cm³/mol. The molecule has 160 valence electrons. The van der Waals surface area contributed by atoms with E-state index in [0.717, 1.165) is 12.1 Å². The second kappa shape index (κ2) is 9.14. The van der Waals surface area contributed by atoms with Gasteiger partial charge in [0.2, 0.25) is 0 Å². The van der Waals surface area contributed by atoms with Gasteiger partial charge in [0.05, 0.1) is 10.6 Å². The summed E-state index contributed by atoms with van der Waals surface area (Å²) < 4.78 is 15.5. The Morgan fingerprint density at radius 3 is 2.79 bits per heavy atom. The third-order valence-corrected chi connectivity index (χ3v) is 6.05. The first-order valence-corrected chi connectivity index (χ1v) is 10.4. The molecule has 1 saturated carbocycles. The highest BCUT2D eigenvalue weighted by Gasteiger charge is 2.30. The van der Waals surface area contributed by atoms with Crippen molar-refractivity contribution in [2.24, 2.45) is 5.92 Å². The van der Waals surface area contributed by atoms with Crippen LogP contribution < -0.4 is 5.32 Å². The normalized spacial score (nSPS) is 20.5. The first-order chi connectivity index (χ1) is 13.8. The predicted octanol–water partition coefficient (Wildman–Crippen LogP) is 5.95. The molecule has 1 aliphatic carbocycles. The van der Waals surface area contributed by atoms with Gasteiger partial charge >= 0.3 is 0 Å². The summed E-state index contributed by atoms with van der Waals surface area (Å²) >= 11 is 6.21. The van der Waals surface area contributed by atoms with Crippen molar-refractivity contribution in [1.82, 2.24) is 10.3 Å². The van der Waals surface area contributed by atoms with E-state index >= 15 is 4.39 Å². The maximum atomic E-state index is 15.5. The van der Waals surface area contributed by atoms with Crippen LogP contribution >= 0.6 is 11.6 Å². The van der Waals surface area contributed by atoms with Crippen molar-refractivity contribution in [1.29, 1.82) is 0 Å². The molecule has 4 nitrogen and oxygen atoms in total. The lowest BCUT2D eigenvalue weighted by molar-refractivity contribution is -0.121. The average molecular weight is 423 g/mol. The molecule has 0 spiro atoms. The van der Waals surface area contributed by atoms with Gasteiger partial charge in [-0.15, -0.1) is 0 Å². The molecule has 3 atom stereocenters. The van der Waals surface area contributed by atoms with E-state index in [0.29, 0.717) is 36.3 Å². The highest BCUT2D eigenvalue weighted by Crippen LogP contribution is 2.31. The fourth-order valence-corrected chi connectivity index (χ4v) is 4.07. The number of Topliss-reactive ketones (excluding diaryl/α,β-unsaturated/α-hetero) is 1. The number of hydrogen-bond donors (Lipinski definition) is 1. The lowest BCUT2D eigenvalue weighted by Gasteiger charge is -2.33. The van der Waals surface area contributed by atoms with Crippen molar-refractivity contribution in [3.63, 3.8) is 0 Å². The van der Waals surface area contributed by atoms with E-state index in [9.17, 15) is 9.59 Å². The Bertz CT molecular complexity index is 928. The van der Waals surface area contributed by atoms with Gasteiger partial charge in [-0.1, -0.05) is 31.5 Å². The maximum absolute atomic E-state index is 15.5. The molecule has 0 saturated heterocycles. The van der Waals surface area contributed by atoms with Crippen LogP contribution in [0, 0.1) is 18.7 Å². The van der Waals surface area contributed by atoms with E-state index in [4.69, 9.17) is 11.6 Å². The van der Waals surface area contributed by atoms with Gasteiger partial charge in [-0.05, 0) is 43.9 Å². The van der Waals surface area contributed by atoms with E-state index in [1.807, 2.05) is 13.8 Å². The zero-order chi connectivity index (χ0) is 21.1. The molecule has 6 heteroatoms. The summed E-state index contributed by atoms with van der Waals surface area (Å²) in [5.74, 6) is -0.540. The average Bonchev–Trinajstić information content (AvgIpc) is 2.69. The van der Waals surface area contributed by atoms with Crippen molar-refractivity contribution in [2.45, 2.75) is 58.5 Å². The first-order valence-electron chi connectivity index (χ1n) is 10.0. The van der Waals surface area contributed by atoms with Gasteiger partial charge in [0.25, 0.3) is 0 Å². The number of halogens is 2.